The second-order valence-electron chi connectivity index (χ2n) is 8.71. The number of rotatable bonds is 5. The number of nitrogens with zero attached hydrogens (tertiary/aromatic N) is 6. The molecule has 0 atom stereocenters. The fraction of sp³-hybridized carbons (Fsp3) is 0.375. The minimum Gasteiger partial charge on any atom is -0.337 e. The Morgan fingerprint density at radius 2 is 1.91 bits per heavy atom. The van der Waals surface area contributed by atoms with E-state index in [0.29, 0.717) is 48.8 Å². The van der Waals surface area contributed by atoms with Gasteiger partial charge in [0.25, 0.3) is 17.0 Å². The topological polar surface area (TPSA) is 101 Å². The van der Waals surface area contributed by atoms with Gasteiger partial charge >= 0.3 is 0 Å². The van der Waals surface area contributed by atoms with Crippen molar-refractivity contribution >= 4 is 34.8 Å². The number of pyridine rings is 1. The summed E-state index contributed by atoms with van der Waals surface area (Å²) in [6.45, 7) is 5.47. The lowest BCUT2D eigenvalue weighted by atomic mass is 10.2. The van der Waals surface area contributed by atoms with Crippen LogP contribution in [0.1, 0.15) is 30.1 Å². The number of hydrogen-bond acceptors (Lipinski definition) is 6. The summed E-state index contributed by atoms with van der Waals surface area (Å²) in [5.74, 6) is 0.281. The zero-order valence-electron chi connectivity index (χ0n) is 19.5. The van der Waals surface area contributed by atoms with Crippen molar-refractivity contribution in [1.29, 1.82) is 0 Å². The first-order valence-electron chi connectivity index (χ1n) is 11.8. The molecule has 3 aromatic heterocycles. The summed E-state index contributed by atoms with van der Waals surface area (Å²) < 4.78 is 5.84. The number of fused-ring (bicyclic) bond motifs is 3. The van der Waals surface area contributed by atoms with Crippen LogP contribution in [0.15, 0.2) is 52.2 Å². The predicted octanol–water partition coefficient (Wildman–Crippen LogP) is 2.08. The number of benzene rings is 1. The highest BCUT2D eigenvalue weighted by Crippen LogP contribution is 2.15. The highest BCUT2D eigenvalue weighted by atomic mass is 32.1. The van der Waals surface area contributed by atoms with Gasteiger partial charge in [0.05, 0.1) is 17.6 Å². The maximum atomic E-state index is 13.1. The van der Waals surface area contributed by atoms with Crippen LogP contribution in [0.4, 0.5) is 0 Å². The van der Waals surface area contributed by atoms with Gasteiger partial charge in [0, 0.05) is 38.9 Å². The fourth-order valence-corrected chi connectivity index (χ4v) is 4.93. The molecule has 0 spiro atoms. The van der Waals surface area contributed by atoms with Crippen molar-refractivity contribution in [2.24, 2.45) is 0 Å². The molecule has 1 saturated heterocycles. The van der Waals surface area contributed by atoms with Crippen molar-refractivity contribution < 1.29 is 4.79 Å². The Hall–Kier alpha value is -3.57. The lowest BCUT2D eigenvalue weighted by Crippen LogP contribution is -2.38. The number of para-hydroxylation sites is 1. The van der Waals surface area contributed by atoms with E-state index in [-0.39, 0.29) is 22.6 Å². The molecular formula is C24H27N7O3S. The molecule has 35 heavy (non-hydrogen) atoms. The van der Waals surface area contributed by atoms with Crippen LogP contribution in [0, 0.1) is 4.77 Å². The molecular weight excluding hydrogens is 466 g/mol. The van der Waals surface area contributed by atoms with E-state index in [1.165, 1.54) is 6.20 Å². The lowest BCUT2D eigenvalue weighted by Gasteiger charge is -2.21. The van der Waals surface area contributed by atoms with Crippen molar-refractivity contribution in [2.45, 2.75) is 33.0 Å². The third-order valence-corrected chi connectivity index (χ3v) is 6.78. The maximum Gasteiger partial charge on any atom is 0.262 e. The van der Waals surface area contributed by atoms with Crippen molar-refractivity contribution in [3.05, 3.63) is 73.6 Å². The standard InChI is InChI=1S/C24H27N7O3S/c1-2-11-29-22(34)17-7-3-4-9-19(17)31-23(29)26-30(24(31)35)16-27-12-6-13-28(15-14-27)21(33)18-8-5-10-25-20(18)32/h3-5,7-10H,2,6,11-16H2,1H3,(H,25,32). The zero-order chi connectivity index (χ0) is 24.5. The first-order valence-corrected chi connectivity index (χ1v) is 12.2. The van der Waals surface area contributed by atoms with Gasteiger partial charge in [-0.05, 0) is 49.3 Å². The van der Waals surface area contributed by atoms with Crippen LogP contribution in [0.25, 0.3) is 16.7 Å². The summed E-state index contributed by atoms with van der Waals surface area (Å²) in [7, 11) is 0. The van der Waals surface area contributed by atoms with Gasteiger partial charge in [-0.1, -0.05) is 19.1 Å². The molecule has 1 aromatic carbocycles. The maximum absolute atomic E-state index is 13.1. The Morgan fingerprint density at radius 3 is 2.71 bits per heavy atom. The van der Waals surface area contributed by atoms with E-state index < -0.39 is 0 Å². The zero-order valence-corrected chi connectivity index (χ0v) is 20.3. The molecule has 0 unspecified atom stereocenters. The molecule has 0 bridgehead atoms. The van der Waals surface area contributed by atoms with Gasteiger partial charge in [-0.3, -0.25) is 28.3 Å². The summed E-state index contributed by atoms with van der Waals surface area (Å²) in [5, 5.41) is 5.37. The van der Waals surface area contributed by atoms with Gasteiger partial charge in [0.15, 0.2) is 0 Å². The summed E-state index contributed by atoms with van der Waals surface area (Å²) in [5.41, 5.74) is 0.461. The summed E-state index contributed by atoms with van der Waals surface area (Å²) in [6.07, 6.45) is 3.08. The van der Waals surface area contributed by atoms with Gasteiger partial charge in [0.2, 0.25) is 10.5 Å². The van der Waals surface area contributed by atoms with Crippen LogP contribution in [-0.4, -0.2) is 65.6 Å². The summed E-state index contributed by atoms with van der Waals surface area (Å²) >= 11 is 5.81. The summed E-state index contributed by atoms with van der Waals surface area (Å²) in [6, 6.07) is 10.7. The SMILES string of the molecule is CCCn1c(=O)c2ccccc2n2c(=S)n(CN3CCCN(C(=O)c4ccc[nH]c4=O)CC3)nc12. The molecule has 10 nitrogen and oxygen atoms in total. The minimum absolute atomic E-state index is 0.0677. The molecule has 0 aliphatic carbocycles. The van der Waals surface area contributed by atoms with E-state index in [1.807, 2.05) is 35.6 Å². The number of hydrogen-bond donors (Lipinski definition) is 1. The van der Waals surface area contributed by atoms with Crippen molar-refractivity contribution in [2.75, 3.05) is 26.2 Å². The molecule has 4 heterocycles. The second-order valence-corrected chi connectivity index (χ2v) is 9.07. The molecule has 1 N–H and O–H groups in total. The quantitative estimate of drug-likeness (QED) is 0.428. The second kappa shape index (κ2) is 9.59. The molecule has 1 aliphatic rings. The van der Waals surface area contributed by atoms with Crippen LogP contribution < -0.4 is 11.1 Å². The normalized spacial score (nSPS) is 15.1. The fourth-order valence-electron chi connectivity index (χ4n) is 4.65. The van der Waals surface area contributed by atoms with E-state index in [0.717, 1.165) is 24.9 Å². The molecule has 0 radical (unpaired) electrons. The molecule has 0 saturated carbocycles. The monoisotopic (exact) mass is 493 g/mol. The van der Waals surface area contributed by atoms with Gasteiger partial charge in [0.1, 0.15) is 5.56 Å². The summed E-state index contributed by atoms with van der Waals surface area (Å²) in [4.78, 5) is 44.5. The Morgan fingerprint density at radius 1 is 1.09 bits per heavy atom. The molecule has 4 aromatic rings. The number of nitrogens with one attached hydrogen (secondary N) is 1. The van der Waals surface area contributed by atoms with Gasteiger partial charge < -0.3 is 9.88 Å². The van der Waals surface area contributed by atoms with E-state index in [2.05, 4.69) is 9.88 Å². The smallest absolute Gasteiger partial charge is 0.262 e. The third kappa shape index (κ3) is 4.21. The van der Waals surface area contributed by atoms with Crippen LogP contribution >= 0.6 is 12.2 Å². The molecule has 1 amide bonds. The molecule has 11 heteroatoms. The molecule has 1 fully saturated rings. The van der Waals surface area contributed by atoms with Crippen LogP contribution in [0.2, 0.25) is 0 Å². The average molecular weight is 494 g/mol. The van der Waals surface area contributed by atoms with Crippen molar-refractivity contribution in [3.8, 4) is 0 Å². The van der Waals surface area contributed by atoms with Crippen LogP contribution in [-0.2, 0) is 13.2 Å². The molecule has 5 rings (SSSR count). The van der Waals surface area contributed by atoms with Crippen LogP contribution in [0.3, 0.4) is 0 Å². The Kier molecular flexibility index (Phi) is 6.35. The van der Waals surface area contributed by atoms with Gasteiger partial charge in [-0.15, -0.1) is 5.10 Å². The number of H-pyrrole nitrogens is 1. The highest BCUT2D eigenvalue weighted by molar-refractivity contribution is 7.71. The van der Waals surface area contributed by atoms with E-state index in [1.54, 1.807) is 26.3 Å². The van der Waals surface area contributed by atoms with Crippen molar-refractivity contribution in [3.63, 3.8) is 0 Å². The number of carbonyl (C=O) groups excluding carboxylic acids is 1. The van der Waals surface area contributed by atoms with E-state index in [9.17, 15) is 14.4 Å². The van der Waals surface area contributed by atoms with E-state index in [4.69, 9.17) is 17.3 Å². The predicted molar refractivity (Wildman–Crippen MR) is 135 cm³/mol. The Labute approximate surface area is 206 Å². The first kappa shape index (κ1) is 23.2. The lowest BCUT2D eigenvalue weighted by molar-refractivity contribution is 0.0757. The third-order valence-electron chi connectivity index (χ3n) is 6.39. The Balaban J connectivity index is 1.43. The number of amides is 1. The number of carbonyl (C=O) groups is 1. The molecule has 182 valence electrons. The first-order chi connectivity index (χ1) is 17.0. The molecule has 1 aliphatic heterocycles. The number of aromatic nitrogens is 5. The minimum atomic E-state index is -0.375. The van der Waals surface area contributed by atoms with Crippen LogP contribution in [0.5, 0.6) is 0 Å². The highest BCUT2D eigenvalue weighted by Gasteiger charge is 2.23. The van der Waals surface area contributed by atoms with Crippen molar-refractivity contribution in [1.82, 2.24) is 33.5 Å². The largest absolute Gasteiger partial charge is 0.337 e. The van der Waals surface area contributed by atoms with E-state index >= 15 is 0 Å². The number of aryl methyl sites for hydroxylation is 1. The Bertz CT molecular complexity index is 1580. The van der Waals surface area contributed by atoms with Gasteiger partial charge in [-0.2, -0.15) is 0 Å². The number of aromatic amines is 1. The van der Waals surface area contributed by atoms with Gasteiger partial charge in [-0.25, -0.2) is 4.68 Å². The average Bonchev–Trinajstić information content (AvgIpc) is 3.03.